The Kier molecular flexibility index (Phi) is 4.80. The van der Waals surface area contributed by atoms with Crippen molar-refractivity contribution >= 4 is 5.91 Å². The lowest BCUT2D eigenvalue weighted by Crippen LogP contribution is -2.44. The van der Waals surface area contributed by atoms with E-state index in [2.05, 4.69) is 17.1 Å². The summed E-state index contributed by atoms with van der Waals surface area (Å²) in [5, 5.41) is 12.4. The first kappa shape index (κ1) is 13.9. The second-order valence-electron chi connectivity index (χ2n) is 5.14. The molecule has 1 fully saturated rings. The van der Waals surface area contributed by atoms with Crippen LogP contribution in [0.5, 0.6) is 5.75 Å². The van der Waals surface area contributed by atoms with Gasteiger partial charge in [-0.1, -0.05) is 13.0 Å². The van der Waals surface area contributed by atoms with Crippen LogP contribution < -0.4 is 5.32 Å². The third-order valence-corrected chi connectivity index (χ3v) is 3.57. The van der Waals surface area contributed by atoms with E-state index in [-0.39, 0.29) is 17.7 Å². The van der Waals surface area contributed by atoms with E-state index in [1.54, 1.807) is 18.2 Å². The van der Waals surface area contributed by atoms with E-state index in [4.69, 9.17) is 0 Å². The number of nitrogens with zero attached hydrogens (tertiary/aromatic N) is 1. The van der Waals surface area contributed by atoms with Gasteiger partial charge in [0.1, 0.15) is 5.75 Å². The van der Waals surface area contributed by atoms with Crippen LogP contribution in [0.1, 0.15) is 36.5 Å². The molecule has 0 bridgehead atoms. The van der Waals surface area contributed by atoms with E-state index in [1.165, 1.54) is 12.5 Å². The lowest BCUT2D eigenvalue weighted by atomic mass is 10.0. The molecular weight excluding hydrogens is 240 g/mol. The Balaban J connectivity index is 1.84. The highest BCUT2D eigenvalue weighted by atomic mass is 16.3. The monoisotopic (exact) mass is 262 g/mol. The van der Waals surface area contributed by atoms with Crippen molar-refractivity contribution in [3.05, 3.63) is 29.8 Å². The summed E-state index contributed by atoms with van der Waals surface area (Å²) in [5.41, 5.74) is 0.524. The summed E-state index contributed by atoms with van der Waals surface area (Å²) in [7, 11) is 0. The first-order valence-corrected chi connectivity index (χ1v) is 7.01. The Morgan fingerprint density at radius 2 is 2.16 bits per heavy atom. The topological polar surface area (TPSA) is 52.6 Å². The zero-order valence-electron chi connectivity index (χ0n) is 11.4. The Hall–Kier alpha value is -1.55. The van der Waals surface area contributed by atoms with Gasteiger partial charge in [-0.2, -0.15) is 0 Å². The van der Waals surface area contributed by atoms with Crippen LogP contribution in [0.2, 0.25) is 0 Å². The van der Waals surface area contributed by atoms with Crippen LogP contribution in [0, 0.1) is 0 Å². The zero-order valence-corrected chi connectivity index (χ0v) is 11.4. The second kappa shape index (κ2) is 6.57. The molecule has 19 heavy (non-hydrogen) atoms. The van der Waals surface area contributed by atoms with Crippen molar-refractivity contribution in [3.63, 3.8) is 0 Å². The molecule has 0 atom stereocenters. The average Bonchev–Trinajstić information content (AvgIpc) is 2.41. The van der Waals surface area contributed by atoms with Crippen LogP contribution in [0.4, 0.5) is 0 Å². The van der Waals surface area contributed by atoms with Crippen molar-refractivity contribution in [1.29, 1.82) is 0 Å². The summed E-state index contributed by atoms with van der Waals surface area (Å²) >= 11 is 0. The van der Waals surface area contributed by atoms with Crippen LogP contribution in [0.3, 0.4) is 0 Å². The molecule has 0 radical (unpaired) electrons. The number of phenolic OH excluding ortho intramolecular Hbond substituents is 1. The molecule has 1 aliphatic heterocycles. The fourth-order valence-electron chi connectivity index (χ4n) is 2.53. The minimum absolute atomic E-state index is 0.0927. The van der Waals surface area contributed by atoms with Crippen molar-refractivity contribution in [2.75, 3.05) is 19.6 Å². The van der Waals surface area contributed by atoms with Gasteiger partial charge in [0.15, 0.2) is 0 Å². The lowest BCUT2D eigenvalue weighted by Gasteiger charge is -2.32. The maximum atomic E-state index is 12.0. The van der Waals surface area contributed by atoms with Crippen molar-refractivity contribution in [2.45, 2.75) is 32.2 Å². The number of hydrogen-bond donors (Lipinski definition) is 2. The molecule has 0 unspecified atom stereocenters. The summed E-state index contributed by atoms with van der Waals surface area (Å²) in [6.45, 7) is 5.45. The van der Waals surface area contributed by atoms with Crippen molar-refractivity contribution in [3.8, 4) is 5.75 Å². The molecule has 2 N–H and O–H groups in total. The van der Waals surface area contributed by atoms with Gasteiger partial charge in [0.05, 0.1) is 0 Å². The van der Waals surface area contributed by atoms with Crippen molar-refractivity contribution in [2.24, 2.45) is 0 Å². The third-order valence-electron chi connectivity index (χ3n) is 3.57. The van der Waals surface area contributed by atoms with Crippen LogP contribution in [0.25, 0.3) is 0 Å². The lowest BCUT2D eigenvalue weighted by molar-refractivity contribution is 0.0911. The molecule has 4 heteroatoms. The number of rotatable bonds is 4. The number of aromatic hydroxyl groups is 1. The van der Waals surface area contributed by atoms with Crippen LogP contribution in [-0.2, 0) is 0 Å². The molecule has 0 saturated carbocycles. The van der Waals surface area contributed by atoms with Crippen LogP contribution in [0.15, 0.2) is 24.3 Å². The van der Waals surface area contributed by atoms with E-state index in [0.29, 0.717) is 5.56 Å². The van der Waals surface area contributed by atoms with E-state index < -0.39 is 0 Å². The summed E-state index contributed by atoms with van der Waals surface area (Å²) in [6.07, 6.45) is 3.19. The smallest absolute Gasteiger partial charge is 0.251 e. The first-order valence-electron chi connectivity index (χ1n) is 7.01. The molecular formula is C15H22N2O2. The Morgan fingerprint density at radius 1 is 1.42 bits per heavy atom. The van der Waals surface area contributed by atoms with Gasteiger partial charge in [-0.05, 0) is 44.0 Å². The fourth-order valence-corrected chi connectivity index (χ4v) is 2.53. The van der Waals surface area contributed by atoms with E-state index >= 15 is 0 Å². The maximum absolute atomic E-state index is 12.0. The molecule has 2 rings (SSSR count). The van der Waals surface area contributed by atoms with Gasteiger partial charge in [-0.3, -0.25) is 4.79 Å². The van der Waals surface area contributed by atoms with Gasteiger partial charge in [-0.15, -0.1) is 0 Å². The van der Waals surface area contributed by atoms with E-state index in [9.17, 15) is 9.90 Å². The number of benzene rings is 1. The maximum Gasteiger partial charge on any atom is 0.251 e. The first-order chi connectivity index (χ1) is 9.19. The quantitative estimate of drug-likeness (QED) is 0.872. The van der Waals surface area contributed by atoms with Gasteiger partial charge in [0, 0.05) is 24.7 Å². The highest BCUT2D eigenvalue weighted by Crippen LogP contribution is 2.14. The van der Waals surface area contributed by atoms with Gasteiger partial charge in [-0.25, -0.2) is 0 Å². The molecule has 4 nitrogen and oxygen atoms in total. The standard InChI is InChI=1S/C15H22N2O2/c1-2-8-17-9-6-13(7-10-17)16-15(19)12-4-3-5-14(18)11-12/h3-5,11,13,18H,2,6-10H2,1H3,(H,16,19). The van der Waals surface area contributed by atoms with Crippen LogP contribution in [-0.4, -0.2) is 41.6 Å². The normalized spacial score (nSPS) is 17.3. The number of amides is 1. The van der Waals surface area contributed by atoms with Gasteiger partial charge in [0.25, 0.3) is 5.91 Å². The Bertz CT molecular complexity index is 426. The van der Waals surface area contributed by atoms with Crippen molar-refractivity contribution in [1.82, 2.24) is 10.2 Å². The Morgan fingerprint density at radius 3 is 2.79 bits per heavy atom. The molecule has 0 aliphatic carbocycles. The number of hydrogen-bond acceptors (Lipinski definition) is 3. The molecule has 0 aromatic heterocycles. The summed E-state index contributed by atoms with van der Waals surface area (Å²) in [4.78, 5) is 14.5. The summed E-state index contributed by atoms with van der Waals surface area (Å²) in [5.74, 6) is 0.0373. The largest absolute Gasteiger partial charge is 0.508 e. The Labute approximate surface area is 114 Å². The van der Waals surface area contributed by atoms with Crippen LogP contribution >= 0.6 is 0 Å². The number of carbonyl (C=O) groups excluding carboxylic acids is 1. The summed E-state index contributed by atoms with van der Waals surface area (Å²) in [6, 6.07) is 6.74. The predicted octanol–water partition coefficient (Wildman–Crippen LogP) is 2.00. The molecule has 1 amide bonds. The minimum Gasteiger partial charge on any atom is -0.508 e. The molecule has 1 saturated heterocycles. The predicted molar refractivity (Wildman–Crippen MR) is 75.3 cm³/mol. The second-order valence-corrected chi connectivity index (χ2v) is 5.14. The summed E-state index contributed by atoms with van der Waals surface area (Å²) < 4.78 is 0. The highest BCUT2D eigenvalue weighted by molar-refractivity contribution is 5.94. The van der Waals surface area contributed by atoms with Gasteiger partial charge in [0.2, 0.25) is 0 Å². The average molecular weight is 262 g/mol. The molecule has 1 aromatic carbocycles. The van der Waals surface area contributed by atoms with E-state index in [1.807, 2.05) is 0 Å². The molecule has 1 aromatic rings. The minimum atomic E-state index is -0.0927. The number of carbonyl (C=O) groups is 1. The number of likely N-dealkylation sites (tertiary alicyclic amines) is 1. The molecule has 104 valence electrons. The highest BCUT2D eigenvalue weighted by Gasteiger charge is 2.20. The van der Waals surface area contributed by atoms with Gasteiger partial charge < -0.3 is 15.3 Å². The SMILES string of the molecule is CCCN1CCC(NC(=O)c2cccc(O)c2)CC1. The number of piperidine rings is 1. The van der Waals surface area contributed by atoms with E-state index in [0.717, 1.165) is 32.5 Å². The molecule has 0 spiro atoms. The van der Waals surface area contributed by atoms with Crippen molar-refractivity contribution < 1.29 is 9.90 Å². The fraction of sp³-hybridized carbons (Fsp3) is 0.533. The number of nitrogens with one attached hydrogen (secondary N) is 1. The molecule has 1 heterocycles. The van der Waals surface area contributed by atoms with Gasteiger partial charge >= 0.3 is 0 Å². The third kappa shape index (κ3) is 3.96. The number of phenols is 1. The zero-order chi connectivity index (χ0) is 13.7. The molecule has 1 aliphatic rings.